The maximum atomic E-state index is 8.75. The molecular weight excluding hydrogens is 385 g/mol. The standard InChI is InChI=1S/C13H9N.C6H5IO/c1-3-7-12-10(5-1)9-11-6-2-4-8-13(11)14-12;7-5-1-3-6(8)4-2-5/h1-9H;1-4,8H. The monoisotopic (exact) mass is 399 g/mol. The van der Waals surface area contributed by atoms with E-state index >= 15 is 0 Å². The summed E-state index contributed by atoms with van der Waals surface area (Å²) in [5.41, 5.74) is 2.12. The maximum Gasteiger partial charge on any atom is 0.115 e. The van der Waals surface area contributed by atoms with Crippen LogP contribution in [-0.4, -0.2) is 10.1 Å². The van der Waals surface area contributed by atoms with Gasteiger partial charge in [-0.2, -0.15) is 0 Å². The number of rotatable bonds is 0. The molecule has 0 bridgehead atoms. The highest BCUT2D eigenvalue weighted by molar-refractivity contribution is 14.1. The Labute approximate surface area is 142 Å². The van der Waals surface area contributed by atoms with Gasteiger partial charge >= 0.3 is 0 Å². The quantitative estimate of drug-likeness (QED) is 0.318. The number of benzene rings is 3. The molecule has 2 nitrogen and oxygen atoms in total. The molecule has 0 aliphatic carbocycles. The molecule has 0 amide bonds. The molecule has 3 aromatic carbocycles. The number of phenolic OH excluding ortho intramolecular Hbond substituents is 1. The Morgan fingerprint density at radius 1 is 0.682 bits per heavy atom. The van der Waals surface area contributed by atoms with Gasteiger partial charge in [0.15, 0.2) is 0 Å². The van der Waals surface area contributed by atoms with Crippen molar-refractivity contribution in [2.24, 2.45) is 0 Å². The lowest BCUT2D eigenvalue weighted by Crippen LogP contribution is -1.80. The normalized spacial score (nSPS) is 10.2. The molecule has 1 aromatic heterocycles. The first kappa shape index (κ1) is 14.8. The number of halogens is 1. The number of para-hydroxylation sites is 2. The van der Waals surface area contributed by atoms with E-state index in [1.165, 1.54) is 10.8 Å². The van der Waals surface area contributed by atoms with Gasteiger partial charge in [-0.05, 0) is 65.1 Å². The molecule has 3 heteroatoms. The Morgan fingerprint density at radius 3 is 1.68 bits per heavy atom. The summed E-state index contributed by atoms with van der Waals surface area (Å²) >= 11 is 2.19. The van der Waals surface area contributed by atoms with Gasteiger partial charge in [-0.3, -0.25) is 0 Å². The molecule has 108 valence electrons. The second-order valence-corrected chi connectivity index (χ2v) is 6.10. The van der Waals surface area contributed by atoms with E-state index in [0.29, 0.717) is 5.75 Å². The average Bonchev–Trinajstić information content (AvgIpc) is 2.56. The van der Waals surface area contributed by atoms with E-state index < -0.39 is 0 Å². The van der Waals surface area contributed by atoms with Crippen molar-refractivity contribution < 1.29 is 5.11 Å². The van der Waals surface area contributed by atoms with Gasteiger partial charge in [0, 0.05) is 14.3 Å². The van der Waals surface area contributed by atoms with E-state index in [1.807, 2.05) is 48.5 Å². The summed E-state index contributed by atoms with van der Waals surface area (Å²) in [4.78, 5) is 4.58. The Kier molecular flexibility index (Phi) is 4.53. The molecule has 0 saturated carbocycles. The van der Waals surface area contributed by atoms with Crippen LogP contribution >= 0.6 is 22.6 Å². The second-order valence-electron chi connectivity index (χ2n) is 4.85. The molecule has 1 heterocycles. The van der Waals surface area contributed by atoms with Gasteiger partial charge in [0.2, 0.25) is 0 Å². The zero-order valence-electron chi connectivity index (χ0n) is 11.8. The molecular formula is C19H14INO. The average molecular weight is 399 g/mol. The van der Waals surface area contributed by atoms with E-state index in [2.05, 4.69) is 45.8 Å². The Bertz CT molecular complexity index is 778. The van der Waals surface area contributed by atoms with Crippen LogP contribution in [0.3, 0.4) is 0 Å². The largest absolute Gasteiger partial charge is 0.508 e. The minimum Gasteiger partial charge on any atom is -0.508 e. The highest BCUT2D eigenvalue weighted by Gasteiger charge is 1.96. The maximum absolute atomic E-state index is 8.75. The Balaban J connectivity index is 0.000000154. The number of hydrogen-bond donors (Lipinski definition) is 1. The Hall–Kier alpha value is -2.14. The summed E-state index contributed by atoms with van der Waals surface area (Å²) in [5, 5.41) is 11.2. The predicted molar refractivity (Wildman–Crippen MR) is 100 cm³/mol. The third-order valence-corrected chi connectivity index (χ3v) is 3.97. The van der Waals surface area contributed by atoms with Crippen molar-refractivity contribution in [3.63, 3.8) is 0 Å². The van der Waals surface area contributed by atoms with Crippen LogP contribution in [0.2, 0.25) is 0 Å². The molecule has 0 saturated heterocycles. The van der Waals surface area contributed by atoms with Crippen LogP contribution in [0.5, 0.6) is 5.75 Å². The van der Waals surface area contributed by atoms with Crippen LogP contribution in [0, 0.1) is 3.57 Å². The van der Waals surface area contributed by atoms with Crippen molar-refractivity contribution >= 4 is 44.4 Å². The lowest BCUT2D eigenvalue weighted by atomic mass is 10.1. The van der Waals surface area contributed by atoms with Gasteiger partial charge < -0.3 is 5.11 Å². The lowest BCUT2D eigenvalue weighted by molar-refractivity contribution is 0.475. The highest BCUT2D eigenvalue weighted by atomic mass is 127. The molecule has 22 heavy (non-hydrogen) atoms. The summed E-state index contributed by atoms with van der Waals surface area (Å²) in [7, 11) is 0. The predicted octanol–water partition coefficient (Wildman–Crippen LogP) is 5.38. The van der Waals surface area contributed by atoms with Gasteiger partial charge in [-0.1, -0.05) is 36.4 Å². The number of hydrogen-bond acceptors (Lipinski definition) is 2. The van der Waals surface area contributed by atoms with Crippen LogP contribution in [0.25, 0.3) is 21.8 Å². The number of aromatic hydroxyl groups is 1. The van der Waals surface area contributed by atoms with Crippen LogP contribution in [0.4, 0.5) is 0 Å². The molecule has 0 atom stereocenters. The second kappa shape index (κ2) is 6.75. The SMILES string of the molecule is Oc1ccc(I)cc1.c1ccc2nc3ccccc3cc2c1. The van der Waals surface area contributed by atoms with E-state index in [-0.39, 0.29) is 0 Å². The zero-order chi connectivity index (χ0) is 15.4. The van der Waals surface area contributed by atoms with Crippen LogP contribution in [0.1, 0.15) is 0 Å². The van der Waals surface area contributed by atoms with Crippen LogP contribution in [-0.2, 0) is 0 Å². The van der Waals surface area contributed by atoms with Crippen LogP contribution < -0.4 is 0 Å². The first-order valence-corrected chi connectivity index (χ1v) is 7.99. The summed E-state index contributed by atoms with van der Waals surface area (Å²) in [6.45, 7) is 0. The van der Waals surface area contributed by atoms with Crippen molar-refractivity contribution in [3.05, 3.63) is 82.4 Å². The smallest absolute Gasteiger partial charge is 0.115 e. The first-order chi connectivity index (χ1) is 10.7. The first-order valence-electron chi connectivity index (χ1n) is 6.91. The minimum absolute atomic E-state index is 0.324. The molecule has 0 aliphatic heterocycles. The fourth-order valence-corrected chi connectivity index (χ4v) is 2.52. The summed E-state index contributed by atoms with van der Waals surface area (Å²) in [5.74, 6) is 0.324. The van der Waals surface area contributed by atoms with E-state index in [4.69, 9.17) is 5.11 Å². The zero-order valence-corrected chi connectivity index (χ0v) is 13.9. The van der Waals surface area contributed by atoms with Crippen LogP contribution in [0.15, 0.2) is 78.9 Å². The number of fused-ring (bicyclic) bond motifs is 2. The minimum atomic E-state index is 0.324. The molecule has 0 spiro atoms. The van der Waals surface area contributed by atoms with E-state index in [1.54, 1.807) is 12.1 Å². The van der Waals surface area contributed by atoms with Gasteiger partial charge in [-0.15, -0.1) is 0 Å². The van der Waals surface area contributed by atoms with Crippen molar-refractivity contribution in [1.29, 1.82) is 0 Å². The third-order valence-electron chi connectivity index (χ3n) is 3.25. The fraction of sp³-hybridized carbons (Fsp3) is 0. The molecule has 4 rings (SSSR count). The number of pyridine rings is 1. The third kappa shape index (κ3) is 3.54. The summed E-state index contributed by atoms with van der Waals surface area (Å²) in [6.07, 6.45) is 0. The van der Waals surface area contributed by atoms with Gasteiger partial charge in [0.05, 0.1) is 11.0 Å². The molecule has 4 aromatic rings. The highest BCUT2D eigenvalue weighted by Crippen LogP contribution is 2.18. The van der Waals surface area contributed by atoms with Crippen molar-refractivity contribution in [2.75, 3.05) is 0 Å². The van der Waals surface area contributed by atoms with Crippen molar-refractivity contribution in [3.8, 4) is 5.75 Å². The van der Waals surface area contributed by atoms with Crippen molar-refractivity contribution in [1.82, 2.24) is 4.98 Å². The van der Waals surface area contributed by atoms with Gasteiger partial charge in [0.25, 0.3) is 0 Å². The van der Waals surface area contributed by atoms with E-state index in [0.717, 1.165) is 14.6 Å². The fourth-order valence-electron chi connectivity index (χ4n) is 2.16. The molecule has 0 radical (unpaired) electrons. The summed E-state index contributed by atoms with van der Waals surface area (Å²) in [6, 6.07) is 25.6. The molecule has 0 fully saturated rings. The molecule has 1 N–H and O–H groups in total. The van der Waals surface area contributed by atoms with E-state index in [9.17, 15) is 0 Å². The number of phenols is 1. The Morgan fingerprint density at radius 2 is 1.18 bits per heavy atom. The van der Waals surface area contributed by atoms with Crippen molar-refractivity contribution in [2.45, 2.75) is 0 Å². The topological polar surface area (TPSA) is 33.1 Å². The number of aromatic nitrogens is 1. The van der Waals surface area contributed by atoms with Gasteiger partial charge in [-0.25, -0.2) is 4.98 Å². The number of nitrogens with zero attached hydrogens (tertiary/aromatic N) is 1. The molecule has 0 aliphatic rings. The lowest BCUT2D eigenvalue weighted by Gasteiger charge is -1.99. The molecule has 0 unspecified atom stereocenters. The van der Waals surface area contributed by atoms with Gasteiger partial charge in [0.1, 0.15) is 5.75 Å². The summed E-state index contributed by atoms with van der Waals surface area (Å²) < 4.78 is 1.14.